The van der Waals surface area contributed by atoms with E-state index in [0.29, 0.717) is 33.5 Å². The van der Waals surface area contributed by atoms with Crippen molar-refractivity contribution in [3.8, 4) is 0 Å². The Bertz CT molecular complexity index is 1940. The fourth-order valence-electron chi connectivity index (χ4n) is 7.44. The molecule has 7 N–H and O–H groups in total. The summed E-state index contributed by atoms with van der Waals surface area (Å²) >= 11 is 0. The molecule has 6 aliphatic rings. The molecule has 0 bridgehead atoms. The van der Waals surface area contributed by atoms with Gasteiger partial charge in [-0.1, -0.05) is 0 Å². The van der Waals surface area contributed by atoms with Gasteiger partial charge in [0.15, 0.2) is 0 Å². The van der Waals surface area contributed by atoms with Crippen LogP contribution in [0.5, 0.6) is 0 Å². The number of imide groups is 2. The molecule has 46 heavy (non-hydrogen) atoms. The van der Waals surface area contributed by atoms with Crippen LogP contribution in [0.15, 0.2) is 6.07 Å². The summed E-state index contributed by atoms with van der Waals surface area (Å²) < 4.78 is 0. The minimum absolute atomic E-state index is 0.0233. The maximum Gasteiger partial charge on any atom is 0.257 e. The Labute approximate surface area is 259 Å². The molecule has 8 rings (SSSR count). The van der Waals surface area contributed by atoms with E-state index in [4.69, 9.17) is 5.73 Å². The average molecular weight is 627 g/mol. The fourth-order valence-corrected chi connectivity index (χ4v) is 7.44. The molecule has 8 amide bonds. The van der Waals surface area contributed by atoms with Gasteiger partial charge in [0.1, 0.15) is 12.1 Å². The molecular weight excluding hydrogens is 600 g/mol. The lowest BCUT2D eigenvalue weighted by Crippen LogP contribution is -2.52. The van der Waals surface area contributed by atoms with Crippen LogP contribution in [-0.2, 0) is 45.4 Å². The number of nitrogens with zero attached hydrogens (tertiary/aromatic N) is 2. The second-order valence-electron chi connectivity index (χ2n) is 12.1. The Morgan fingerprint density at radius 3 is 1.91 bits per heavy atom. The maximum atomic E-state index is 14.1. The molecule has 16 nitrogen and oxygen atoms in total. The third-order valence-corrected chi connectivity index (χ3v) is 9.63. The van der Waals surface area contributed by atoms with Gasteiger partial charge in [-0.2, -0.15) is 0 Å². The second-order valence-corrected chi connectivity index (χ2v) is 12.1. The van der Waals surface area contributed by atoms with Crippen molar-refractivity contribution in [1.29, 1.82) is 0 Å². The van der Waals surface area contributed by atoms with E-state index in [0.717, 1.165) is 0 Å². The van der Waals surface area contributed by atoms with Crippen LogP contribution in [0.2, 0.25) is 0 Å². The number of fused-ring (bicyclic) bond motifs is 4. The van der Waals surface area contributed by atoms with Crippen LogP contribution in [0, 0.1) is 0 Å². The van der Waals surface area contributed by atoms with Crippen molar-refractivity contribution in [1.82, 2.24) is 31.1 Å². The number of rotatable bonds is 4. The molecule has 0 aromatic heterocycles. The van der Waals surface area contributed by atoms with Crippen molar-refractivity contribution >= 4 is 64.3 Å². The number of carbonyl (C=O) groups is 8. The monoisotopic (exact) mass is 626 g/mol. The highest BCUT2D eigenvalue weighted by Gasteiger charge is 2.46. The first-order valence-electron chi connectivity index (χ1n) is 14.8. The molecule has 0 aliphatic carbocycles. The Balaban J connectivity index is 1.26. The number of nitrogens with one attached hydrogen (secondary N) is 5. The molecule has 16 heteroatoms. The van der Waals surface area contributed by atoms with E-state index in [1.54, 1.807) is 6.07 Å². The molecule has 2 unspecified atom stereocenters. The van der Waals surface area contributed by atoms with Crippen LogP contribution in [0.3, 0.4) is 0 Å². The lowest BCUT2D eigenvalue weighted by molar-refractivity contribution is -0.138. The summed E-state index contributed by atoms with van der Waals surface area (Å²) in [5.41, 5.74) is 9.56. The number of benzene rings is 2. The summed E-state index contributed by atoms with van der Waals surface area (Å²) in [4.78, 5) is 106. The van der Waals surface area contributed by atoms with Gasteiger partial charge in [0.2, 0.25) is 23.6 Å². The van der Waals surface area contributed by atoms with E-state index in [2.05, 4.69) is 26.6 Å². The fraction of sp³-hybridized carbons (Fsp3) is 0.333. The Morgan fingerprint density at radius 1 is 0.674 bits per heavy atom. The number of amides is 8. The van der Waals surface area contributed by atoms with Crippen LogP contribution in [0.4, 0.5) is 17.1 Å². The molecule has 234 valence electrons. The highest BCUT2D eigenvalue weighted by atomic mass is 16.2. The smallest absolute Gasteiger partial charge is 0.257 e. The van der Waals surface area contributed by atoms with E-state index < -0.39 is 53.4 Å². The van der Waals surface area contributed by atoms with E-state index in [1.807, 2.05) is 0 Å². The Hall–Kier alpha value is -5.80. The van der Waals surface area contributed by atoms with Gasteiger partial charge < -0.3 is 31.5 Å². The summed E-state index contributed by atoms with van der Waals surface area (Å²) in [6.45, 7) is 0.104. The van der Waals surface area contributed by atoms with Gasteiger partial charge >= 0.3 is 0 Å². The molecule has 6 aliphatic heterocycles. The lowest BCUT2D eigenvalue weighted by Gasteiger charge is -2.29. The molecule has 2 aromatic rings. The number of anilines is 3. The van der Waals surface area contributed by atoms with Gasteiger partial charge in [0.25, 0.3) is 23.6 Å². The van der Waals surface area contributed by atoms with Crippen LogP contribution >= 0.6 is 0 Å². The van der Waals surface area contributed by atoms with Gasteiger partial charge in [-0.3, -0.25) is 49.0 Å². The number of hydrogen-bond acceptors (Lipinski definition) is 10. The number of piperidine rings is 2. The largest absolute Gasteiger partial charge is 0.397 e. The molecule has 2 atom stereocenters. The van der Waals surface area contributed by atoms with Crippen molar-refractivity contribution in [2.45, 2.75) is 63.9 Å². The number of nitrogens with two attached hydrogens (primary N) is 1. The molecule has 0 saturated carbocycles. The quantitative estimate of drug-likeness (QED) is 0.138. The van der Waals surface area contributed by atoms with Crippen molar-refractivity contribution in [2.24, 2.45) is 0 Å². The minimum atomic E-state index is -0.941. The van der Waals surface area contributed by atoms with Gasteiger partial charge in [0.05, 0.1) is 33.8 Å². The molecule has 2 saturated heterocycles. The Kier molecular flexibility index (Phi) is 5.79. The van der Waals surface area contributed by atoms with Crippen LogP contribution in [0.1, 0.15) is 89.4 Å². The van der Waals surface area contributed by atoms with Gasteiger partial charge in [-0.05, 0) is 24.5 Å². The lowest BCUT2D eigenvalue weighted by atomic mass is 9.93. The zero-order chi connectivity index (χ0) is 32.2. The van der Waals surface area contributed by atoms with Crippen LogP contribution < -0.4 is 32.3 Å². The average Bonchev–Trinajstić information content (AvgIpc) is 3.76. The summed E-state index contributed by atoms with van der Waals surface area (Å²) in [7, 11) is 0. The zero-order valence-electron chi connectivity index (χ0n) is 24.1. The first kappa shape index (κ1) is 27.7. The minimum Gasteiger partial charge on any atom is -0.397 e. The highest BCUT2D eigenvalue weighted by Crippen LogP contribution is 2.46. The maximum absolute atomic E-state index is 14.1. The predicted molar refractivity (Wildman–Crippen MR) is 155 cm³/mol. The van der Waals surface area contributed by atoms with E-state index in [1.165, 1.54) is 9.80 Å². The highest BCUT2D eigenvalue weighted by molar-refractivity contribution is 6.16. The third kappa shape index (κ3) is 3.78. The van der Waals surface area contributed by atoms with E-state index >= 15 is 0 Å². The van der Waals surface area contributed by atoms with Gasteiger partial charge in [0, 0.05) is 61.3 Å². The standard InChI is InChI=1S/C30H26N8O8/c31-22-20-13(7-33-28(20)44)23(14-9-38(30(46)21(14)22)16-2-4-18(40)35-27(16)43)36-24-12-6-32-25(41)11(12)5-10-8-37(29(45)19(10)24)15-1-3-17(39)34-26(15)42/h5,15-16,36H,1-4,6-9,31H2,(H,32,41)(H,33,44)(H,34,39,42)(H,35,40,43). The zero-order valence-corrected chi connectivity index (χ0v) is 24.1. The van der Waals surface area contributed by atoms with E-state index in [-0.39, 0.29) is 85.8 Å². The SMILES string of the molecule is Nc1c2c(c(Nc3c4c(cc5c3C(=O)N(C3CCC(=O)NC3=O)C5)C(=O)NC4)c3c1C(=O)N(C1CCC(=O)NC1=O)C3)CNC2=O. The van der Waals surface area contributed by atoms with Crippen molar-refractivity contribution in [2.75, 3.05) is 11.1 Å². The van der Waals surface area contributed by atoms with Crippen LogP contribution in [-0.4, -0.2) is 69.1 Å². The first-order chi connectivity index (χ1) is 22.0. The van der Waals surface area contributed by atoms with E-state index in [9.17, 15) is 38.4 Å². The molecular formula is C30H26N8O8. The molecule has 2 aromatic carbocycles. The van der Waals surface area contributed by atoms with Crippen molar-refractivity contribution in [3.05, 3.63) is 50.6 Å². The Morgan fingerprint density at radius 2 is 1.26 bits per heavy atom. The first-order valence-corrected chi connectivity index (χ1v) is 14.8. The third-order valence-electron chi connectivity index (χ3n) is 9.63. The molecule has 2 fully saturated rings. The predicted octanol–water partition coefficient (Wildman–Crippen LogP) is -0.979. The summed E-state index contributed by atoms with van der Waals surface area (Å²) in [5, 5.41) is 13.4. The number of nitrogen functional groups attached to an aromatic ring is 1. The van der Waals surface area contributed by atoms with Crippen LogP contribution in [0.25, 0.3) is 0 Å². The summed E-state index contributed by atoms with van der Waals surface area (Å²) in [5.74, 6) is -3.95. The summed E-state index contributed by atoms with van der Waals surface area (Å²) in [6.07, 6.45) is 0.387. The summed E-state index contributed by atoms with van der Waals surface area (Å²) in [6, 6.07) is -0.205. The number of hydrogen-bond donors (Lipinski definition) is 6. The normalized spacial score (nSPS) is 23.1. The molecule has 6 heterocycles. The number of carbonyl (C=O) groups excluding carboxylic acids is 8. The second kappa shape index (κ2) is 9.60. The molecule has 0 radical (unpaired) electrons. The molecule has 0 spiro atoms. The van der Waals surface area contributed by atoms with Gasteiger partial charge in [-0.15, -0.1) is 0 Å². The van der Waals surface area contributed by atoms with Crippen molar-refractivity contribution in [3.63, 3.8) is 0 Å². The van der Waals surface area contributed by atoms with Crippen molar-refractivity contribution < 1.29 is 38.4 Å². The van der Waals surface area contributed by atoms with Gasteiger partial charge in [-0.25, -0.2) is 0 Å². The topological polar surface area (TPSA) is 229 Å².